The molecule has 0 amide bonds. The van der Waals surface area contributed by atoms with Crippen LogP contribution in [-0.4, -0.2) is 15.3 Å². The van der Waals surface area contributed by atoms with Crippen molar-refractivity contribution in [1.82, 2.24) is 0 Å². The molecule has 0 atom stereocenters. The number of rotatable bonds is 4. The van der Waals surface area contributed by atoms with E-state index in [-0.39, 0.29) is 17.2 Å². The van der Waals surface area contributed by atoms with Gasteiger partial charge in [0.25, 0.3) is 0 Å². The first kappa shape index (κ1) is 15.0. The zero-order valence-electron chi connectivity index (χ0n) is 12.3. The van der Waals surface area contributed by atoms with Crippen LogP contribution < -0.4 is 0 Å². The van der Waals surface area contributed by atoms with E-state index in [4.69, 9.17) is 0 Å². The average Bonchev–Trinajstić information content (AvgIpc) is 2.49. The third-order valence-electron chi connectivity index (χ3n) is 3.61. The summed E-state index contributed by atoms with van der Waals surface area (Å²) in [5, 5.41) is 28.6. The highest BCUT2D eigenvalue weighted by atomic mass is 16.3. The molecule has 0 bridgehead atoms. The molecule has 0 heterocycles. The van der Waals surface area contributed by atoms with Crippen molar-refractivity contribution in [3.8, 4) is 17.2 Å². The van der Waals surface area contributed by atoms with Gasteiger partial charge >= 0.3 is 0 Å². The summed E-state index contributed by atoms with van der Waals surface area (Å²) in [6.07, 6.45) is 1.66. The minimum absolute atomic E-state index is 0.111. The van der Waals surface area contributed by atoms with Crippen LogP contribution in [0, 0.1) is 0 Å². The number of phenols is 3. The van der Waals surface area contributed by atoms with Gasteiger partial charge in [-0.05, 0) is 59.4 Å². The Bertz CT molecular complexity index is 655. The third-order valence-corrected chi connectivity index (χ3v) is 3.61. The molecule has 0 fully saturated rings. The van der Waals surface area contributed by atoms with Gasteiger partial charge in [0, 0.05) is 0 Å². The number of benzene rings is 2. The Balaban J connectivity index is 2.57. The summed E-state index contributed by atoms with van der Waals surface area (Å²) < 4.78 is 0. The molecule has 0 spiro atoms. The van der Waals surface area contributed by atoms with E-state index < -0.39 is 0 Å². The molecule has 21 heavy (non-hydrogen) atoms. The lowest BCUT2D eigenvalue weighted by Crippen LogP contribution is -1.91. The molecular formula is C18H20O3. The normalized spacial score (nSPS) is 12.1. The van der Waals surface area contributed by atoms with Crippen LogP contribution in [-0.2, 0) is 0 Å². The molecular weight excluding hydrogens is 264 g/mol. The number of allylic oxidation sites excluding steroid dienone is 2. The highest BCUT2D eigenvalue weighted by molar-refractivity contribution is 5.91. The van der Waals surface area contributed by atoms with E-state index in [0.717, 1.165) is 29.5 Å². The molecule has 0 unspecified atom stereocenters. The van der Waals surface area contributed by atoms with Gasteiger partial charge in [-0.2, -0.15) is 0 Å². The van der Waals surface area contributed by atoms with Crippen molar-refractivity contribution in [3.05, 3.63) is 53.6 Å². The number of phenolic OH excluding ortho intramolecular Hbond substituents is 3. The van der Waals surface area contributed by atoms with Crippen LogP contribution in [0.3, 0.4) is 0 Å². The molecule has 0 saturated heterocycles. The highest BCUT2D eigenvalue weighted by Crippen LogP contribution is 2.35. The van der Waals surface area contributed by atoms with Gasteiger partial charge in [-0.15, -0.1) is 0 Å². The van der Waals surface area contributed by atoms with Crippen molar-refractivity contribution in [2.75, 3.05) is 0 Å². The van der Waals surface area contributed by atoms with E-state index in [0.29, 0.717) is 0 Å². The summed E-state index contributed by atoms with van der Waals surface area (Å²) in [6, 6.07) is 12.0. The molecule has 3 nitrogen and oxygen atoms in total. The second kappa shape index (κ2) is 6.35. The van der Waals surface area contributed by atoms with Crippen LogP contribution in [0.4, 0.5) is 0 Å². The molecule has 2 aromatic rings. The van der Waals surface area contributed by atoms with Crippen molar-refractivity contribution in [2.45, 2.75) is 26.7 Å². The molecule has 3 N–H and O–H groups in total. The van der Waals surface area contributed by atoms with Gasteiger partial charge in [-0.1, -0.05) is 32.0 Å². The van der Waals surface area contributed by atoms with Crippen LogP contribution in [0.2, 0.25) is 0 Å². The molecule has 0 aromatic heterocycles. The SMILES string of the molecule is CC/C(=C(\CC)c1ccc(O)c(O)c1)c1ccc(O)cc1. The van der Waals surface area contributed by atoms with Crippen molar-refractivity contribution in [3.63, 3.8) is 0 Å². The van der Waals surface area contributed by atoms with E-state index in [1.807, 2.05) is 18.2 Å². The number of hydrogen-bond donors (Lipinski definition) is 3. The van der Waals surface area contributed by atoms with Crippen molar-refractivity contribution < 1.29 is 15.3 Å². The predicted molar refractivity (Wildman–Crippen MR) is 85.3 cm³/mol. The van der Waals surface area contributed by atoms with Crippen LogP contribution in [0.15, 0.2) is 42.5 Å². The summed E-state index contributed by atoms with van der Waals surface area (Å²) in [7, 11) is 0. The third kappa shape index (κ3) is 3.19. The fraction of sp³-hybridized carbons (Fsp3) is 0.222. The molecule has 2 rings (SSSR count). The van der Waals surface area contributed by atoms with E-state index in [1.165, 1.54) is 11.6 Å². The first-order valence-electron chi connectivity index (χ1n) is 7.10. The first-order valence-corrected chi connectivity index (χ1v) is 7.10. The monoisotopic (exact) mass is 284 g/mol. The fourth-order valence-electron chi connectivity index (χ4n) is 2.56. The largest absolute Gasteiger partial charge is 0.508 e. The Hall–Kier alpha value is -2.42. The molecule has 0 aliphatic carbocycles. The summed E-state index contributed by atoms with van der Waals surface area (Å²) in [5.74, 6) is 0.0195. The second-order valence-electron chi connectivity index (χ2n) is 4.91. The van der Waals surface area contributed by atoms with Gasteiger partial charge in [0.15, 0.2) is 11.5 Å². The first-order chi connectivity index (χ1) is 10.1. The summed E-state index contributed by atoms with van der Waals surface area (Å²) in [4.78, 5) is 0. The minimum atomic E-state index is -0.114. The second-order valence-corrected chi connectivity index (χ2v) is 4.91. The van der Waals surface area contributed by atoms with Gasteiger partial charge in [-0.25, -0.2) is 0 Å². The summed E-state index contributed by atoms with van der Waals surface area (Å²) in [5.41, 5.74) is 4.25. The lowest BCUT2D eigenvalue weighted by Gasteiger charge is -2.14. The van der Waals surface area contributed by atoms with Gasteiger partial charge < -0.3 is 15.3 Å². The average molecular weight is 284 g/mol. The Labute approximate surface area is 124 Å². The molecule has 3 heteroatoms. The fourth-order valence-corrected chi connectivity index (χ4v) is 2.56. The molecule has 0 aliphatic heterocycles. The van der Waals surface area contributed by atoms with Crippen molar-refractivity contribution in [2.24, 2.45) is 0 Å². The minimum Gasteiger partial charge on any atom is -0.508 e. The van der Waals surface area contributed by atoms with E-state index >= 15 is 0 Å². The van der Waals surface area contributed by atoms with Gasteiger partial charge in [0.2, 0.25) is 0 Å². The zero-order chi connectivity index (χ0) is 15.4. The van der Waals surface area contributed by atoms with Gasteiger partial charge in [0.1, 0.15) is 5.75 Å². The standard InChI is InChI=1S/C18H20O3/c1-3-15(12-5-8-14(19)9-6-12)16(4-2)13-7-10-17(20)18(21)11-13/h5-11,19-21H,3-4H2,1-2H3/b16-15-. The summed E-state index contributed by atoms with van der Waals surface area (Å²) >= 11 is 0. The maximum absolute atomic E-state index is 9.70. The van der Waals surface area contributed by atoms with Crippen LogP contribution in [0.5, 0.6) is 17.2 Å². The van der Waals surface area contributed by atoms with Crippen molar-refractivity contribution in [1.29, 1.82) is 0 Å². The highest BCUT2D eigenvalue weighted by Gasteiger charge is 2.11. The van der Waals surface area contributed by atoms with E-state index in [2.05, 4.69) is 13.8 Å². The topological polar surface area (TPSA) is 60.7 Å². The van der Waals surface area contributed by atoms with Gasteiger partial charge in [-0.3, -0.25) is 0 Å². The molecule has 2 aromatic carbocycles. The molecule has 110 valence electrons. The van der Waals surface area contributed by atoms with Crippen LogP contribution in [0.1, 0.15) is 37.8 Å². The molecule has 0 radical (unpaired) electrons. The Morgan fingerprint density at radius 1 is 0.714 bits per heavy atom. The lowest BCUT2D eigenvalue weighted by atomic mass is 9.91. The van der Waals surface area contributed by atoms with E-state index in [9.17, 15) is 15.3 Å². The zero-order valence-corrected chi connectivity index (χ0v) is 12.3. The van der Waals surface area contributed by atoms with Gasteiger partial charge in [0.05, 0.1) is 0 Å². The maximum Gasteiger partial charge on any atom is 0.157 e. The number of hydrogen-bond acceptors (Lipinski definition) is 3. The Kier molecular flexibility index (Phi) is 4.53. The van der Waals surface area contributed by atoms with Crippen LogP contribution in [0.25, 0.3) is 11.1 Å². The Morgan fingerprint density at radius 3 is 1.76 bits per heavy atom. The van der Waals surface area contributed by atoms with Crippen LogP contribution >= 0.6 is 0 Å². The number of aromatic hydroxyl groups is 3. The molecule has 0 saturated carbocycles. The van der Waals surface area contributed by atoms with E-state index in [1.54, 1.807) is 18.2 Å². The van der Waals surface area contributed by atoms with Crippen molar-refractivity contribution >= 4 is 11.1 Å². The lowest BCUT2D eigenvalue weighted by molar-refractivity contribution is 0.403. The maximum atomic E-state index is 9.70. The molecule has 0 aliphatic rings. The smallest absolute Gasteiger partial charge is 0.157 e. The predicted octanol–water partition coefficient (Wildman–Crippen LogP) is 4.53. The summed E-state index contributed by atoms with van der Waals surface area (Å²) in [6.45, 7) is 4.15. The quantitative estimate of drug-likeness (QED) is 0.571. The Morgan fingerprint density at radius 2 is 1.24 bits per heavy atom.